The molecular formula is C19H36. The summed E-state index contributed by atoms with van der Waals surface area (Å²) in [6.07, 6.45) is 21.1. The third kappa shape index (κ3) is 5.12. The minimum Gasteiger partial charge on any atom is -0.0596 e. The molecule has 0 radical (unpaired) electrons. The second-order valence-corrected chi connectivity index (χ2v) is 8.07. The molecule has 0 amide bonds. The van der Waals surface area contributed by atoms with Gasteiger partial charge in [-0.2, -0.15) is 0 Å². The molecule has 0 atom stereocenters. The highest BCUT2D eigenvalue weighted by molar-refractivity contribution is 4.81. The summed E-state index contributed by atoms with van der Waals surface area (Å²) in [6, 6.07) is 0. The van der Waals surface area contributed by atoms with Crippen LogP contribution < -0.4 is 0 Å². The number of rotatable bonds is 6. The van der Waals surface area contributed by atoms with Crippen molar-refractivity contribution in [1.29, 1.82) is 0 Å². The van der Waals surface area contributed by atoms with Crippen molar-refractivity contribution in [3.05, 3.63) is 0 Å². The maximum Gasteiger partial charge on any atom is -0.0326 e. The molecule has 2 aliphatic rings. The SMILES string of the molecule is CC(C)(CCCCC1CCCCC1)C1CCCCC1. The predicted molar refractivity (Wildman–Crippen MR) is 85.4 cm³/mol. The first-order valence-corrected chi connectivity index (χ1v) is 9.18. The zero-order valence-electron chi connectivity index (χ0n) is 13.6. The molecule has 0 aromatic heterocycles. The lowest BCUT2D eigenvalue weighted by atomic mass is 9.68. The van der Waals surface area contributed by atoms with Gasteiger partial charge in [0.1, 0.15) is 0 Å². The van der Waals surface area contributed by atoms with E-state index in [4.69, 9.17) is 0 Å². The zero-order valence-corrected chi connectivity index (χ0v) is 13.6. The van der Waals surface area contributed by atoms with E-state index in [1.807, 2.05) is 0 Å². The van der Waals surface area contributed by atoms with Gasteiger partial charge in [0.25, 0.3) is 0 Å². The Morgan fingerprint density at radius 1 is 0.737 bits per heavy atom. The van der Waals surface area contributed by atoms with E-state index < -0.39 is 0 Å². The Kier molecular flexibility index (Phi) is 6.23. The number of hydrogen-bond donors (Lipinski definition) is 0. The molecule has 0 bridgehead atoms. The summed E-state index contributed by atoms with van der Waals surface area (Å²) in [5, 5.41) is 0. The molecule has 112 valence electrons. The van der Waals surface area contributed by atoms with Crippen LogP contribution in [0.2, 0.25) is 0 Å². The zero-order chi connectivity index (χ0) is 13.6. The van der Waals surface area contributed by atoms with E-state index in [2.05, 4.69) is 13.8 Å². The van der Waals surface area contributed by atoms with E-state index >= 15 is 0 Å². The summed E-state index contributed by atoms with van der Waals surface area (Å²) >= 11 is 0. The molecule has 19 heavy (non-hydrogen) atoms. The first-order chi connectivity index (χ1) is 9.18. The van der Waals surface area contributed by atoms with Crippen molar-refractivity contribution >= 4 is 0 Å². The topological polar surface area (TPSA) is 0 Å². The van der Waals surface area contributed by atoms with E-state index in [-0.39, 0.29) is 0 Å². The standard InChI is InChI=1S/C19H36/c1-19(2,18-14-7-4-8-15-18)16-10-9-13-17-11-5-3-6-12-17/h17-18H,3-16H2,1-2H3. The molecule has 0 aromatic carbocycles. The maximum absolute atomic E-state index is 2.55. The first kappa shape index (κ1) is 15.4. The Morgan fingerprint density at radius 2 is 1.32 bits per heavy atom. The largest absolute Gasteiger partial charge is 0.0596 e. The van der Waals surface area contributed by atoms with Gasteiger partial charge in [0.15, 0.2) is 0 Å². The number of hydrogen-bond acceptors (Lipinski definition) is 0. The third-order valence-electron chi connectivity index (χ3n) is 6.12. The van der Waals surface area contributed by atoms with Crippen LogP contribution in [0.3, 0.4) is 0 Å². The molecule has 0 unspecified atom stereocenters. The van der Waals surface area contributed by atoms with E-state index in [9.17, 15) is 0 Å². The summed E-state index contributed by atoms with van der Waals surface area (Å²) < 4.78 is 0. The molecule has 2 aliphatic carbocycles. The van der Waals surface area contributed by atoms with E-state index in [0.29, 0.717) is 5.41 Å². The van der Waals surface area contributed by atoms with E-state index in [1.54, 1.807) is 0 Å². The van der Waals surface area contributed by atoms with Crippen molar-refractivity contribution in [3.63, 3.8) is 0 Å². The molecule has 0 aliphatic heterocycles. The Hall–Kier alpha value is 0. The van der Waals surface area contributed by atoms with Gasteiger partial charge in [0, 0.05) is 0 Å². The van der Waals surface area contributed by atoms with Crippen LogP contribution in [0.25, 0.3) is 0 Å². The molecule has 0 nitrogen and oxygen atoms in total. The summed E-state index contributed by atoms with van der Waals surface area (Å²) in [4.78, 5) is 0. The molecular weight excluding hydrogens is 228 g/mol. The van der Waals surface area contributed by atoms with Crippen LogP contribution in [0.1, 0.15) is 104 Å². The van der Waals surface area contributed by atoms with Gasteiger partial charge in [-0.15, -0.1) is 0 Å². The third-order valence-corrected chi connectivity index (χ3v) is 6.12. The second-order valence-electron chi connectivity index (χ2n) is 8.07. The fraction of sp³-hybridized carbons (Fsp3) is 1.00. The highest BCUT2D eigenvalue weighted by atomic mass is 14.3. The molecule has 0 saturated heterocycles. The molecule has 0 N–H and O–H groups in total. The van der Waals surface area contributed by atoms with Crippen LogP contribution in [0, 0.1) is 17.3 Å². The molecule has 2 saturated carbocycles. The lowest BCUT2D eigenvalue weighted by Crippen LogP contribution is -2.26. The predicted octanol–water partition coefficient (Wildman–Crippen LogP) is 6.73. The molecule has 0 aromatic rings. The van der Waals surface area contributed by atoms with Gasteiger partial charge in [-0.25, -0.2) is 0 Å². The first-order valence-electron chi connectivity index (χ1n) is 9.18. The van der Waals surface area contributed by atoms with Crippen LogP contribution >= 0.6 is 0 Å². The Labute approximate surface area is 121 Å². The quantitative estimate of drug-likeness (QED) is 0.466. The fourth-order valence-electron chi connectivity index (χ4n) is 4.58. The van der Waals surface area contributed by atoms with Crippen LogP contribution in [0.5, 0.6) is 0 Å². The average Bonchev–Trinajstić information content (AvgIpc) is 2.46. The van der Waals surface area contributed by atoms with Crippen LogP contribution in [0.4, 0.5) is 0 Å². The minimum absolute atomic E-state index is 0.618. The highest BCUT2D eigenvalue weighted by Gasteiger charge is 2.29. The minimum atomic E-state index is 0.618. The smallest absolute Gasteiger partial charge is 0.0326 e. The lowest BCUT2D eigenvalue weighted by molar-refractivity contribution is 0.140. The van der Waals surface area contributed by atoms with Crippen molar-refractivity contribution < 1.29 is 0 Å². The van der Waals surface area contributed by atoms with Gasteiger partial charge in [0.05, 0.1) is 0 Å². The van der Waals surface area contributed by atoms with Crippen molar-refractivity contribution in [2.45, 2.75) is 104 Å². The van der Waals surface area contributed by atoms with Gasteiger partial charge >= 0.3 is 0 Å². The number of unbranched alkanes of at least 4 members (excludes halogenated alkanes) is 1. The van der Waals surface area contributed by atoms with Gasteiger partial charge in [-0.05, 0) is 36.5 Å². The second kappa shape index (κ2) is 7.70. The normalized spacial score (nSPS) is 23.7. The van der Waals surface area contributed by atoms with Crippen molar-refractivity contribution in [1.82, 2.24) is 0 Å². The molecule has 2 rings (SSSR count). The Morgan fingerprint density at radius 3 is 1.95 bits per heavy atom. The Bertz CT molecular complexity index is 228. The highest BCUT2D eigenvalue weighted by Crippen LogP contribution is 2.41. The summed E-state index contributed by atoms with van der Waals surface area (Å²) in [7, 11) is 0. The fourth-order valence-corrected chi connectivity index (χ4v) is 4.58. The van der Waals surface area contributed by atoms with Crippen molar-refractivity contribution in [2.75, 3.05) is 0 Å². The van der Waals surface area contributed by atoms with Crippen molar-refractivity contribution in [2.24, 2.45) is 17.3 Å². The van der Waals surface area contributed by atoms with Crippen LogP contribution in [-0.2, 0) is 0 Å². The molecule has 0 heteroatoms. The summed E-state index contributed by atoms with van der Waals surface area (Å²) in [6.45, 7) is 5.09. The van der Waals surface area contributed by atoms with Gasteiger partial charge in [0.2, 0.25) is 0 Å². The van der Waals surface area contributed by atoms with E-state index in [0.717, 1.165) is 11.8 Å². The maximum atomic E-state index is 2.55. The Balaban J connectivity index is 1.60. The average molecular weight is 264 g/mol. The monoisotopic (exact) mass is 264 g/mol. The van der Waals surface area contributed by atoms with Crippen LogP contribution in [-0.4, -0.2) is 0 Å². The molecule has 2 fully saturated rings. The molecule has 0 spiro atoms. The lowest BCUT2D eigenvalue weighted by Gasteiger charge is -2.37. The van der Waals surface area contributed by atoms with Gasteiger partial charge < -0.3 is 0 Å². The molecule has 0 heterocycles. The van der Waals surface area contributed by atoms with Crippen molar-refractivity contribution in [3.8, 4) is 0 Å². The summed E-state index contributed by atoms with van der Waals surface area (Å²) in [5.74, 6) is 2.11. The van der Waals surface area contributed by atoms with E-state index in [1.165, 1.54) is 89.9 Å². The van der Waals surface area contributed by atoms with Gasteiger partial charge in [-0.1, -0.05) is 84.5 Å². The van der Waals surface area contributed by atoms with Gasteiger partial charge in [-0.3, -0.25) is 0 Å². The summed E-state index contributed by atoms with van der Waals surface area (Å²) in [5.41, 5.74) is 0.618. The van der Waals surface area contributed by atoms with Crippen LogP contribution in [0.15, 0.2) is 0 Å².